The Morgan fingerprint density at radius 3 is 2.00 bits per heavy atom. The molecule has 112 valence electrons. The van der Waals surface area contributed by atoms with Gasteiger partial charge in [-0.2, -0.15) is 0 Å². The predicted octanol–water partition coefficient (Wildman–Crippen LogP) is 3.46. The maximum Gasteiger partial charge on any atom is 0.200 e. The lowest BCUT2D eigenvalue weighted by atomic mass is 10.1. The molecule has 0 spiro atoms. The molecular formula is C16H18BrNO3. The molecule has 0 heterocycles. The monoisotopic (exact) mass is 351 g/mol. The van der Waals surface area contributed by atoms with Gasteiger partial charge in [0.2, 0.25) is 5.75 Å². The minimum absolute atomic E-state index is 0.0247. The normalized spacial score (nSPS) is 10.4. The average Bonchev–Trinajstić information content (AvgIpc) is 2.50. The van der Waals surface area contributed by atoms with Crippen molar-refractivity contribution in [3.8, 4) is 17.2 Å². The van der Waals surface area contributed by atoms with Gasteiger partial charge in [0.1, 0.15) is 0 Å². The van der Waals surface area contributed by atoms with Crippen molar-refractivity contribution >= 4 is 15.9 Å². The third-order valence-corrected chi connectivity index (χ3v) is 3.64. The van der Waals surface area contributed by atoms with Crippen LogP contribution in [-0.2, 0) is 13.1 Å². The van der Waals surface area contributed by atoms with Crippen LogP contribution in [0.5, 0.6) is 17.2 Å². The zero-order valence-electron chi connectivity index (χ0n) is 12.0. The highest BCUT2D eigenvalue weighted by molar-refractivity contribution is 9.10. The second kappa shape index (κ2) is 7.33. The van der Waals surface area contributed by atoms with Crippen LogP contribution in [0.25, 0.3) is 0 Å². The fourth-order valence-electron chi connectivity index (χ4n) is 2.00. The summed E-state index contributed by atoms with van der Waals surface area (Å²) < 4.78 is 11.4. The molecule has 0 unspecified atom stereocenters. The third kappa shape index (κ3) is 4.12. The molecule has 21 heavy (non-hydrogen) atoms. The first-order chi connectivity index (χ1) is 10.1. The van der Waals surface area contributed by atoms with Gasteiger partial charge in [0, 0.05) is 17.6 Å². The summed E-state index contributed by atoms with van der Waals surface area (Å²) in [7, 11) is 3.04. The van der Waals surface area contributed by atoms with E-state index in [1.807, 2.05) is 12.1 Å². The van der Waals surface area contributed by atoms with Gasteiger partial charge < -0.3 is 19.9 Å². The smallest absolute Gasteiger partial charge is 0.200 e. The lowest BCUT2D eigenvalue weighted by Gasteiger charge is -2.12. The topological polar surface area (TPSA) is 50.7 Å². The van der Waals surface area contributed by atoms with Crippen LogP contribution in [-0.4, -0.2) is 19.3 Å². The van der Waals surface area contributed by atoms with Crippen molar-refractivity contribution in [3.63, 3.8) is 0 Å². The first kappa shape index (κ1) is 15.7. The molecule has 2 aromatic rings. The third-order valence-electron chi connectivity index (χ3n) is 3.11. The van der Waals surface area contributed by atoms with E-state index in [1.54, 1.807) is 12.1 Å². The first-order valence-corrected chi connectivity index (χ1v) is 7.32. The van der Waals surface area contributed by atoms with E-state index in [-0.39, 0.29) is 5.75 Å². The van der Waals surface area contributed by atoms with Crippen molar-refractivity contribution in [2.75, 3.05) is 14.2 Å². The van der Waals surface area contributed by atoms with Crippen molar-refractivity contribution in [1.29, 1.82) is 0 Å². The first-order valence-electron chi connectivity index (χ1n) is 6.53. The van der Waals surface area contributed by atoms with Crippen LogP contribution >= 0.6 is 15.9 Å². The number of aromatic hydroxyl groups is 1. The number of halogens is 1. The molecule has 0 radical (unpaired) electrons. The number of nitrogens with one attached hydrogen (secondary N) is 1. The molecule has 0 saturated carbocycles. The van der Waals surface area contributed by atoms with Crippen molar-refractivity contribution in [3.05, 3.63) is 52.0 Å². The van der Waals surface area contributed by atoms with Crippen molar-refractivity contribution < 1.29 is 14.6 Å². The largest absolute Gasteiger partial charge is 0.502 e. The van der Waals surface area contributed by atoms with E-state index in [9.17, 15) is 5.11 Å². The Kier molecular flexibility index (Phi) is 5.47. The molecule has 5 heteroatoms. The van der Waals surface area contributed by atoms with Gasteiger partial charge in [-0.05, 0) is 35.4 Å². The van der Waals surface area contributed by atoms with Crippen molar-refractivity contribution in [1.82, 2.24) is 5.32 Å². The lowest BCUT2D eigenvalue weighted by Crippen LogP contribution is -2.12. The SMILES string of the molecule is COc1cc(CNCc2ccc(Br)cc2)cc(OC)c1O. The number of hydrogen-bond donors (Lipinski definition) is 2. The lowest BCUT2D eigenvalue weighted by molar-refractivity contribution is 0.339. The number of methoxy groups -OCH3 is 2. The summed E-state index contributed by atoms with van der Waals surface area (Å²) in [5.74, 6) is 0.848. The van der Waals surface area contributed by atoms with Crippen molar-refractivity contribution in [2.24, 2.45) is 0 Å². The number of rotatable bonds is 6. The molecule has 0 amide bonds. The zero-order chi connectivity index (χ0) is 15.2. The van der Waals surface area contributed by atoms with Gasteiger partial charge in [-0.1, -0.05) is 28.1 Å². The van der Waals surface area contributed by atoms with Crippen LogP contribution in [0.4, 0.5) is 0 Å². The Bertz CT molecular complexity index is 574. The second-order valence-electron chi connectivity index (χ2n) is 4.58. The summed E-state index contributed by atoms with van der Waals surface area (Å²) in [6.07, 6.45) is 0. The number of ether oxygens (including phenoxy) is 2. The Morgan fingerprint density at radius 1 is 0.952 bits per heavy atom. The quantitative estimate of drug-likeness (QED) is 0.836. The summed E-state index contributed by atoms with van der Waals surface area (Å²) >= 11 is 3.42. The van der Waals surface area contributed by atoms with E-state index in [0.717, 1.165) is 16.6 Å². The van der Waals surface area contributed by atoms with Crippen LogP contribution in [0.3, 0.4) is 0 Å². The molecule has 0 atom stereocenters. The molecule has 2 N–H and O–H groups in total. The molecule has 2 rings (SSSR count). The number of phenolic OH excluding ortho intramolecular Hbond substituents is 1. The minimum atomic E-state index is 0.0247. The molecule has 0 aromatic heterocycles. The standard InChI is InChI=1S/C16H18BrNO3/c1-20-14-7-12(8-15(21-2)16(14)19)10-18-9-11-3-5-13(17)6-4-11/h3-8,18-19H,9-10H2,1-2H3. The zero-order valence-corrected chi connectivity index (χ0v) is 13.6. The Balaban J connectivity index is 2.01. The summed E-state index contributed by atoms with van der Waals surface area (Å²) in [6, 6.07) is 11.8. The van der Waals surface area contributed by atoms with Crippen LogP contribution < -0.4 is 14.8 Å². The summed E-state index contributed by atoms with van der Waals surface area (Å²) in [6.45, 7) is 1.42. The molecule has 0 bridgehead atoms. The van der Waals surface area contributed by atoms with E-state index >= 15 is 0 Å². The summed E-state index contributed by atoms with van der Waals surface area (Å²) in [5.41, 5.74) is 2.19. The Labute approximate surface area is 132 Å². The molecule has 0 saturated heterocycles. The number of benzene rings is 2. The van der Waals surface area contributed by atoms with E-state index in [4.69, 9.17) is 9.47 Å². The Morgan fingerprint density at radius 2 is 1.48 bits per heavy atom. The highest BCUT2D eigenvalue weighted by atomic mass is 79.9. The van der Waals surface area contributed by atoms with Gasteiger partial charge in [0.25, 0.3) is 0 Å². The van der Waals surface area contributed by atoms with Gasteiger partial charge in [-0.3, -0.25) is 0 Å². The molecule has 4 nitrogen and oxygen atoms in total. The van der Waals surface area contributed by atoms with E-state index < -0.39 is 0 Å². The Hall–Kier alpha value is -1.72. The molecule has 0 aliphatic carbocycles. The van der Waals surface area contributed by atoms with Gasteiger partial charge in [-0.15, -0.1) is 0 Å². The molecule has 2 aromatic carbocycles. The number of phenols is 1. The minimum Gasteiger partial charge on any atom is -0.502 e. The summed E-state index contributed by atoms with van der Waals surface area (Å²) in [5, 5.41) is 13.2. The highest BCUT2D eigenvalue weighted by Gasteiger charge is 2.10. The maximum absolute atomic E-state index is 9.87. The highest BCUT2D eigenvalue weighted by Crippen LogP contribution is 2.37. The van der Waals surface area contributed by atoms with Crippen LogP contribution in [0.1, 0.15) is 11.1 Å². The van der Waals surface area contributed by atoms with Crippen LogP contribution in [0.15, 0.2) is 40.9 Å². The summed E-state index contributed by atoms with van der Waals surface area (Å²) in [4.78, 5) is 0. The maximum atomic E-state index is 9.87. The van der Waals surface area contributed by atoms with Gasteiger partial charge in [0.05, 0.1) is 14.2 Å². The molecule has 0 aliphatic heterocycles. The van der Waals surface area contributed by atoms with Crippen molar-refractivity contribution in [2.45, 2.75) is 13.1 Å². The van der Waals surface area contributed by atoms with E-state index in [2.05, 4.69) is 33.4 Å². The molecule has 0 aliphatic rings. The van der Waals surface area contributed by atoms with Gasteiger partial charge in [-0.25, -0.2) is 0 Å². The van der Waals surface area contributed by atoms with E-state index in [1.165, 1.54) is 19.8 Å². The fourth-order valence-corrected chi connectivity index (χ4v) is 2.27. The van der Waals surface area contributed by atoms with Gasteiger partial charge >= 0.3 is 0 Å². The molecule has 0 fully saturated rings. The fraction of sp³-hybridized carbons (Fsp3) is 0.250. The molecular weight excluding hydrogens is 334 g/mol. The number of hydrogen-bond acceptors (Lipinski definition) is 4. The van der Waals surface area contributed by atoms with Crippen LogP contribution in [0.2, 0.25) is 0 Å². The average molecular weight is 352 g/mol. The van der Waals surface area contributed by atoms with E-state index in [0.29, 0.717) is 18.0 Å². The predicted molar refractivity (Wildman–Crippen MR) is 85.9 cm³/mol. The second-order valence-corrected chi connectivity index (χ2v) is 5.49. The van der Waals surface area contributed by atoms with Gasteiger partial charge in [0.15, 0.2) is 11.5 Å². The van der Waals surface area contributed by atoms with Crippen LogP contribution in [0, 0.1) is 0 Å².